The lowest BCUT2D eigenvalue weighted by molar-refractivity contribution is 0.0755. The molecule has 0 saturated carbocycles. The molecular formula is C20H33N3O3. The van der Waals surface area contributed by atoms with E-state index in [1.54, 1.807) is 24.3 Å². The van der Waals surface area contributed by atoms with Crippen LogP contribution in [0.25, 0.3) is 0 Å². The third kappa shape index (κ3) is 7.14. The van der Waals surface area contributed by atoms with Crippen molar-refractivity contribution in [3.05, 3.63) is 35.4 Å². The lowest BCUT2D eigenvalue weighted by Gasteiger charge is -2.21. The minimum atomic E-state index is -0.246. The maximum absolute atomic E-state index is 12.7. The Labute approximate surface area is 156 Å². The highest BCUT2D eigenvalue weighted by Crippen LogP contribution is 2.10. The first kappa shape index (κ1) is 22.1. The minimum Gasteiger partial charge on any atom is -0.396 e. The van der Waals surface area contributed by atoms with Gasteiger partial charge in [-0.15, -0.1) is 0 Å². The Kier molecular flexibility index (Phi) is 9.91. The van der Waals surface area contributed by atoms with E-state index in [2.05, 4.69) is 5.32 Å². The summed E-state index contributed by atoms with van der Waals surface area (Å²) in [4.78, 5) is 26.9. The van der Waals surface area contributed by atoms with Crippen LogP contribution in [0.15, 0.2) is 24.3 Å². The summed E-state index contributed by atoms with van der Waals surface area (Å²) < 4.78 is 0. The van der Waals surface area contributed by atoms with Crippen LogP contribution in [0.4, 0.5) is 0 Å². The van der Waals surface area contributed by atoms with Crippen LogP contribution in [0, 0.1) is 5.92 Å². The molecule has 0 aliphatic carbocycles. The number of benzene rings is 1. The van der Waals surface area contributed by atoms with E-state index in [0.717, 1.165) is 12.8 Å². The molecule has 4 N–H and O–H groups in total. The lowest BCUT2D eigenvalue weighted by atomic mass is 10.0. The number of nitrogens with one attached hydrogen (secondary N) is 1. The van der Waals surface area contributed by atoms with Crippen LogP contribution in [-0.4, -0.2) is 54.1 Å². The molecule has 146 valence electrons. The molecule has 6 nitrogen and oxygen atoms in total. The van der Waals surface area contributed by atoms with Gasteiger partial charge in [-0.1, -0.05) is 26.8 Å². The molecule has 26 heavy (non-hydrogen) atoms. The maximum atomic E-state index is 12.7. The van der Waals surface area contributed by atoms with Gasteiger partial charge in [0.05, 0.1) is 0 Å². The molecule has 0 radical (unpaired) electrons. The molecule has 1 aromatic carbocycles. The summed E-state index contributed by atoms with van der Waals surface area (Å²) in [5, 5.41) is 11.9. The van der Waals surface area contributed by atoms with E-state index in [4.69, 9.17) is 10.8 Å². The number of hydrogen-bond acceptors (Lipinski definition) is 4. The zero-order chi connectivity index (χ0) is 19.5. The van der Waals surface area contributed by atoms with Crippen molar-refractivity contribution in [1.29, 1.82) is 0 Å². The fraction of sp³-hybridized carbons (Fsp3) is 0.600. The average molecular weight is 364 g/mol. The van der Waals surface area contributed by atoms with Crippen molar-refractivity contribution in [2.24, 2.45) is 11.7 Å². The molecule has 0 aliphatic rings. The van der Waals surface area contributed by atoms with Crippen molar-refractivity contribution in [3.63, 3.8) is 0 Å². The summed E-state index contributed by atoms with van der Waals surface area (Å²) in [6, 6.07) is 6.59. The summed E-state index contributed by atoms with van der Waals surface area (Å²) in [6.07, 6.45) is 2.43. The molecule has 6 heteroatoms. The van der Waals surface area contributed by atoms with E-state index in [9.17, 15) is 9.59 Å². The molecule has 0 heterocycles. The van der Waals surface area contributed by atoms with Gasteiger partial charge in [-0.3, -0.25) is 9.59 Å². The van der Waals surface area contributed by atoms with Crippen LogP contribution in [-0.2, 0) is 0 Å². The Balaban J connectivity index is 2.72. The molecule has 2 atom stereocenters. The van der Waals surface area contributed by atoms with Gasteiger partial charge in [0.2, 0.25) is 0 Å². The fourth-order valence-corrected chi connectivity index (χ4v) is 2.83. The topological polar surface area (TPSA) is 95.7 Å². The SMILES string of the molecule is CCCN(CCC)C(=O)c1cccc(C(=O)NCC(N)CC(C)CO)c1. The normalized spacial score (nSPS) is 13.1. The number of nitrogens with zero attached hydrogens (tertiary/aromatic N) is 1. The number of amides is 2. The Morgan fingerprint density at radius 1 is 1.19 bits per heavy atom. The predicted octanol–water partition coefficient (Wildman–Crippen LogP) is 2.02. The van der Waals surface area contributed by atoms with Gasteiger partial charge in [-0.2, -0.15) is 0 Å². The summed E-state index contributed by atoms with van der Waals surface area (Å²) in [5.41, 5.74) is 6.95. The van der Waals surface area contributed by atoms with E-state index < -0.39 is 0 Å². The molecule has 0 aliphatic heterocycles. The smallest absolute Gasteiger partial charge is 0.253 e. The van der Waals surface area contributed by atoms with Crippen LogP contribution in [0.2, 0.25) is 0 Å². The van der Waals surface area contributed by atoms with Gasteiger partial charge in [-0.25, -0.2) is 0 Å². The van der Waals surface area contributed by atoms with Crippen LogP contribution in [0.3, 0.4) is 0 Å². The van der Waals surface area contributed by atoms with Crippen molar-refractivity contribution in [2.45, 2.75) is 46.1 Å². The molecule has 0 bridgehead atoms. The standard InChI is InChI=1S/C20H33N3O3/c1-4-9-23(10-5-2)20(26)17-8-6-7-16(12-17)19(25)22-13-18(21)11-15(3)14-24/h6-8,12,15,18,24H,4-5,9-11,13-14,21H2,1-3H3,(H,22,25). The van der Waals surface area contributed by atoms with Crippen molar-refractivity contribution in [1.82, 2.24) is 10.2 Å². The van der Waals surface area contributed by atoms with Gasteiger partial charge in [0.25, 0.3) is 11.8 Å². The van der Waals surface area contributed by atoms with Crippen molar-refractivity contribution < 1.29 is 14.7 Å². The maximum Gasteiger partial charge on any atom is 0.253 e. The van der Waals surface area contributed by atoms with Crippen molar-refractivity contribution in [3.8, 4) is 0 Å². The van der Waals surface area contributed by atoms with E-state index in [-0.39, 0.29) is 30.4 Å². The first-order chi connectivity index (χ1) is 12.4. The van der Waals surface area contributed by atoms with E-state index >= 15 is 0 Å². The molecule has 0 aromatic heterocycles. The molecule has 0 spiro atoms. The van der Waals surface area contributed by atoms with E-state index in [1.807, 2.05) is 25.7 Å². The lowest BCUT2D eigenvalue weighted by Crippen LogP contribution is -2.38. The minimum absolute atomic E-state index is 0.0446. The highest BCUT2D eigenvalue weighted by molar-refractivity contribution is 5.99. The second-order valence-corrected chi connectivity index (χ2v) is 6.87. The second-order valence-electron chi connectivity index (χ2n) is 6.87. The van der Waals surface area contributed by atoms with E-state index in [0.29, 0.717) is 37.2 Å². The molecule has 2 unspecified atom stereocenters. The van der Waals surface area contributed by atoms with Gasteiger partial charge in [0, 0.05) is 43.4 Å². The van der Waals surface area contributed by atoms with Gasteiger partial charge < -0.3 is 21.1 Å². The molecular weight excluding hydrogens is 330 g/mol. The third-order valence-electron chi connectivity index (χ3n) is 4.19. The highest BCUT2D eigenvalue weighted by atomic mass is 16.3. The van der Waals surface area contributed by atoms with Gasteiger partial charge >= 0.3 is 0 Å². The Hall–Kier alpha value is -1.92. The van der Waals surface area contributed by atoms with Crippen LogP contribution in [0.5, 0.6) is 0 Å². The van der Waals surface area contributed by atoms with Crippen LogP contribution < -0.4 is 11.1 Å². The highest BCUT2D eigenvalue weighted by Gasteiger charge is 2.16. The Bertz CT molecular complexity index is 571. The van der Waals surface area contributed by atoms with Crippen LogP contribution in [0.1, 0.15) is 60.7 Å². The average Bonchev–Trinajstić information content (AvgIpc) is 2.65. The van der Waals surface area contributed by atoms with Gasteiger partial charge in [0.1, 0.15) is 0 Å². The number of carbonyl (C=O) groups is 2. The predicted molar refractivity (Wildman–Crippen MR) is 104 cm³/mol. The number of aliphatic hydroxyl groups is 1. The van der Waals surface area contributed by atoms with Crippen molar-refractivity contribution >= 4 is 11.8 Å². The van der Waals surface area contributed by atoms with E-state index in [1.165, 1.54) is 0 Å². The summed E-state index contributed by atoms with van der Waals surface area (Å²) in [7, 11) is 0. The first-order valence-electron chi connectivity index (χ1n) is 9.46. The molecule has 2 amide bonds. The summed E-state index contributed by atoms with van der Waals surface area (Å²) in [6.45, 7) is 7.83. The first-order valence-corrected chi connectivity index (χ1v) is 9.46. The summed E-state index contributed by atoms with van der Waals surface area (Å²) >= 11 is 0. The molecule has 1 rings (SSSR count). The number of rotatable bonds is 11. The zero-order valence-corrected chi connectivity index (χ0v) is 16.2. The fourth-order valence-electron chi connectivity index (χ4n) is 2.83. The summed E-state index contributed by atoms with van der Waals surface area (Å²) in [5.74, 6) is -0.188. The van der Waals surface area contributed by atoms with Crippen LogP contribution >= 0.6 is 0 Å². The number of nitrogens with two attached hydrogens (primary N) is 1. The van der Waals surface area contributed by atoms with Gasteiger partial charge in [-0.05, 0) is 43.4 Å². The Morgan fingerprint density at radius 2 is 1.81 bits per heavy atom. The number of aliphatic hydroxyl groups excluding tert-OH is 1. The zero-order valence-electron chi connectivity index (χ0n) is 16.2. The van der Waals surface area contributed by atoms with Gasteiger partial charge in [0.15, 0.2) is 0 Å². The number of hydrogen-bond donors (Lipinski definition) is 3. The molecule has 1 aromatic rings. The largest absolute Gasteiger partial charge is 0.396 e. The monoisotopic (exact) mass is 363 g/mol. The van der Waals surface area contributed by atoms with Crippen molar-refractivity contribution in [2.75, 3.05) is 26.2 Å². The molecule has 0 fully saturated rings. The Morgan fingerprint density at radius 3 is 2.38 bits per heavy atom. The quantitative estimate of drug-likeness (QED) is 0.560. The number of carbonyl (C=O) groups excluding carboxylic acids is 2. The molecule has 0 saturated heterocycles. The third-order valence-corrected chi connectivity index (χ3v) is 4.19. The second kappa shape index (κ2) is 11.6.